The summed E-state index contributed by atoms with van der Waals surface area (Å²) in [5.41, 5.74) is 1.92. The van der Waals surface area contributed by atoms with E-state index in [4.69, 9.17) is 14.6 Å². The van der Waals surface area contributed by atoms with Gasteiger partial charge in [-0.05, 0) is 43.7 Å². The Kier molecular flexibility index (Phi) is 5.80. The average molecular weight is 337 g/mol. The van der Waals surface area contributed by atoms with E-state index in [-0.39, 0.29) is 11.7 Å². The van der Waals surface area contributed by atoms with Crippen LogP contribution in [0.5, 0.6) is 11.5 Å². The van der Waals surface area contributed by atoms with Gasteiger partial charge in [0.2, 0.25) is 0 Å². The lowest BCUT2D eigenvalue weighted by Gasteiger charge is -2.16. The molecule has 0 fully saturated rings. The van der Waals surface area contributed by atoms with Gasteiger partial charge in [-0.1, -0.05) is 24.3 Å². The maximum atomic E-state index is 11.0. The van der Waals surface area contributed by atoms with Crippen molar-refractivity contribution in [2.24, 2.45) is 0 Å². The highest BCUT2D eigenvalue weighted by molar-refractivity contribution is 5.93. The number of aromatic carboxylic acids is 1. The Morgan fingerprint density at radius 2 is 1.80 bits per heavy atom. The number of ether oxygens (including phenoxy) is 2. The van der Waals surface area contributed by atoms with Crippen molar-refractivity contribution in [2.75, 3.05) is 7.11 Å². The Labute approximate surface area is 146 Å². The zero-order chi connectivity index (χ0) is 18.4. The first-order valence-corrected chi connectivity index (χ1v) is 7.75. The summed E-state index contributed by atoms with van der Waals surface area (Å²) in [7, 11) is 1.56. The molecule has 0 aliphatic rings. The molecule has 0 aliphatic carbocycles. The molecule has 5 heteroatoms. The summed E-state index contributed by atoms with van der Waals surface area (Å²) in [6.45, 7) is 3.82. The van der Waals surface area contributed by atoms with Crippen LogP contribution in [0.4, 0.5) is 0 Å². The van der Waals surface area contributed by atoms with Gasteiger partial charge in [-0.3, -0.25) is 0 Å². The van der Waals surface area contributed by atoms with Crippen LogP contribution >= 0.6 is 0 Å². The highest BCUT2D eigenvalue weighted by atomic mass is 16.5. The van der Waals surface area contributed by atoms with Crippen molar-refractivity contribution in [2.45, 2.75) is 20.0 Å². The molecule has 0 radical (unpaired) electrons. The molecular formula is C20H19NO4. The molecule has 0 heterocycles. The number of hydrogen-bond acceptors (Lipinski definition) is 4. The molecule has 0 aromatic heterocycles. The number of allylic oxidation sites excluding steroid dienone is 1. The molecule has 2 aromatic rings. The summed E-state index contributed by atoms with van der Waals surface area (Å²) in [6.07, 6.45) is 1.65. The van der Waals surface area contributed by atoms with E-state index in [1.165, 1.54) is 12.1 Å². The van der Waals surface area contributed by atoms with E-state index in [1.54, 1.807) is 31.4 Å². The third-order valence-corrected chi connectivity index (χ3v) is 3.45. The number of nitriles is 1. The molecule has 0 unspecified atom stereocenters. The molecule has 0 bridgehead atoms. The second-order valence-corrected chi connectivity index (χ2v) is 5.60. The van der Waals surface area contributed by atoms with Crippen molar-refractivity contribution in [3.63, 3.8) is 0 Å². The minimum absolute atomic E-state index is 0.0520. The van der Waals surface area contributed by atoms with Gasteiger partial charge in [0.1, 0.15) is 0 Å². The van der Waals surface area contributed by atoms with Gasteiger partial charge in [-0.2, -0.15) is 5.26 Å². The monoisotopic (exact) mass is 337 g/mol. The lowest BCUT2D eigenvalue weighted by molar-refractivity contribution is 0.0697. The van der Waals surface area contributed by atoms with Gasteiger partial charge in [-0.15, -0.1) is 0 Å². The van der Waals surface area contributed by atoms with Crippen LogP contribution in [-0.4, -0.2) is 24.3 Å². The van der Waals surface area contributed by atoms with Crippen molar-refractivity contribution >= 4 is 17.6 Å². The van der Waals surface area contributed by atoms with E-state index in [0.717, 1.165) is 0 Å². The van der Waals surface area contributed by atoms with Crippen LogP contribution in [-0.2, 0) is 0 Å². The molecule has 0 spiro atoms. The maximum absolute atomic E-state index is 11.0. The molecule has 25 heavy (non-hydrogen) atoms. The maximum Gasteiger partial charge on any atom is 0.335 e. The molecule has 128 valence electrons. The van der Waals surface area contributed by atoms with Gasteiger partial charge in [0.05, 0.1) is 30.4 Å². The predicted molar refractivity (Wildman–Crippen MR) is 95.6 cm³/mol. The van der Waals surface area contributed by atoms with E-state index < -0.39 is 5.97 Å². The first-order chi connectivity index (χ1) is 12.0. The average Bonchev–Trinajstić information content (AvgIpc) is 2.60. The zero-order valence-corrected chi connectivity index (χ0v) is 14.3. The number of carboxylic acids is 1. The van der Waals surface area contributed by atoms with Crippen LogP contribution in [0, 0.1) is 11.3 Å². The number of carbonyl (C=O) groups is 1. The van der Waals surface area contributed by atoms with Crippen LogP contribution in [0.1, 0.15) is 35.3 Å². The number of hydrogen-bond donors (Lipinski definition) is 1. The van der Waals surface area contributed by atoms with Crippen molar-refractivity contribution < 1.29 is 19.4 Å². The molecule has 2 rings (SSSR count). The fourth-order valence-corrected chi connectivity index (χ4v) is 2.30. The minimum atomic E-state index is -1.01. The largest absolute Gasteiger partial charge is 0.493 e. The van der Waals surface area contributed by atoms with Crippen LogP contribution in [0.2, 0.25) is 0 Å². The Morgan fingerprint density at radius 1 is 1.16 bits per heavy atom. The summed E-state index contributed by atoms with van der Waals surface area (Å²) < 4.78 is 11.2. The number of benzene rings is 2. The van der Waals surface area contributed by atoms with E-state index in [2.05, 4.69) is 6.07 Å². The molecule has 0 atom stereocenters. The van der Waals surface area contributed by atoms with Crippen LogP contribution in [0.3, 0.4) is 0 Å². The number of para-hydroxylation sites is 1. The Balaban J connectivity index is 2.49. The summed E-state index contributed by atoms with van der Waals surface area (Å²) in [4.78, 5) is 11.0. The SMILES string of the molecule is COc1cccc(/C=C(/C#N)c2ccc(C(=O)O)cc2)c1OC(C)C. The summed E-state index contributed by atoms with van der Waals surface area (Å²) in [5.74, 6) is 0.144. The summed E-state index contributed by atoms with van der Waals surface area (Å²) in [5, 5.41) is 18.5. The standard InChI is InChI=1S/C20H19NO4/c1-13(2)25-19-16(5-4-6-18(19)24-3)11-17(12-21)14-7-9-15(10-8-14)20(22)23/h4-11,13H,1-3H3,(H,22,23)/b17-11-. The number of carboxylic acid groups (broad SMARTS) is 1. The first-order valence-electron chi connectivity index (χ1n) is 7.75. The van der Waals surface area contributed by atoms with E-state index in [1.807, 2.05) is 26.0 Å². The van der Waals surface area contributed by atoms with Crippen LogP contribution < -0.4 is 9.47 Å². The third kappa shape index (κ3) is 4.39. The normalized spacial score (nSPS) is 11.1. The number of nitrogens with zero attached hydrogens (tertiary/aromatic N) is 1. The van der Waals surface area contributed by atoms with Gasteiger partial charge < -0.3 is 14.6 Å². The lowest BCUT2D eigenvalue weighted by Crippen LogP contribution is -2.08. The number of methoxy groups -OCH3 is 1. The van der Waals surface area contributed by atoms with Gasteiger partial charge in [0.25, 0.3) is 0 Å². The Hall–Kier alpha value is -3.26. The molecule has 0 amide bonds. The molecule has 1 N–H and O–H groups in total. The number of rotatable bonds is 6. The smallest absolute Gasteiger partial charge is 0.335 e. The Bertz CT molecular complexity index is 830. The second-order valence-electron chi connectivity index (χ2n) is 5.60. The summed E-state index contributed by atoms with van der Waals surface area (Å²) in [6, 6.07) is 13.8. The predicted octanol–water partition coefficient (Wildman–Crippen LogP) is 4.24. The molecule has 0 aliphatic heterocycles. The van der Waals surface area contributed by atoms with Gasteiger partial charge in [0, 0.05) is 5.56 Å². The molecule has 5 nitrogen and oxygen atoms in total. The third-order valence-electron chi connectivity index (χ3n) is 3.45. The van der Waals surface area contributed by atoms with E-state index in [9.17, 15) is 10.1 Å². The van der Waals surface area contributed by atoms with Crippen molar-refractivity contribution in [1.29, 1.82) is 5.26 Å². The quantitative estimate of drug-likeness (QED) is 0.630. The van der Waals surface area contributed by atoms with Gasteiger partial charge in [0.15, 0.2) is 11.5 Å². The summed E-state index contributed by atoms with van der Waals surface area (Å²) >= 11 is 0. The molecule has 2 aromatic carbocycles. The van der Waals surface area contributed by atoms with E-state index in [0.29, 0.717) is 28.2 Å². The van der Waals surface area contributed by atoms with E-state index >= 15 is 0 Å². The van der Waals surface area contributed by atoms with Gasteiger partial charge in [-0.25, -0.2) is 4.79 Å². The minimum Gasteiger partial charge on any atom is -0.493 e. The fourth-order valence-electron chi connectivity index (χ4n) is 2.30. The van der Waals surface area contributed by atoms with Crippen LogP contribution in [0.15, 0.2) is 42.5 Å². The van der Waals surface area contributed by atoms with Crippen LogP contribution in [0.25, 0.3) is 11.6 Å². The van der Waals surface area contributed by atoms with Crippen molar-refractivity contribution in [1.82, 2.24) is 0 Å². The zero-order valence-electron chi connectivity index (χ0n) is 14.3. The second kappa shape index (κ2) is 8.02. The highest BCUT2D eigenvalue weighted by Gasteiger charge is 2.12. The first kappa shape index (κ1) is 18.1. The highest BCUT2D eigenvalue weighted by Crippen LogP contribution is 2.34. The van der Waals surface area contributed by atoms with Gasteiger partial charge >= 0.3 is 5.97 Å². The molecule has 0 saturated heterocycles. The Morgan fingerprint density at radius 3 is 2.32 bits per heavy atom. The fraction of sp³-hybridized carbons (Fsp3) is 0.200. The van der Waals surface area contributed by atoms with Crippen molar-refractivity contribution in [3.05, 3.63) is 59.2 Å². The molecule has 0 saturated carbocycles. The topological polar surface area (TPSA) is 79.5 Å². The van der Waals surface area contributed by atoms with Crippen molar-refractivity contribution in [3.8, 4) is 17.6 Å². The lowest BCUT2D eigenvalue weighted by atomic mass is 10.0. The molecular weight excluding hydrogens is 318 g/mol.